The van der Waals surface area contributed by atoms with Crippen LogP contribution in [0.2, 0.25) is 0 Å². The van der Waals surface area contributed by atoms with Gasteiger partial charge < -0.3 is 4.90 Å². The SMILES string of the molecule is Cc1ccc2c(c1)C(c1ccc(N(c3ccc4ccccc4c3)c3ccc4ccccc4c3)cc1)(c1ccc([Si](c3ccccc3)(c3ccccc3)c3ccccc3)cc1)c1cc(C)ccc1-2. The van der Waals surface area contributed by atoms with E-state index in [0.717, 1.165) is 17.1 Å². The van der Waals surface area contributed by atoms with Crippen molar-refractivity contribution < 1.29 is 0 Å². The summed E-state index contributed by atoms with van der Waals surface area (Å²) in [5.74, 6) is 0. The molecule has 0 radical (unpaired) electrons. The minimum Gasteiger partial charge on any atom is -0.310 e. The zero-order valence-electron chi connectivity index (χ0n) is 37.8. The molecule has 0 fully saturated rings. The van der Waals surface area contributed by atoms with Gasteiger partial charge in [0.15, 0.2) is 8.07 Å². The Kier molecular flexibility index (Phi) is 9.93. The topological polar surface area (TPSA) is 3.24 Å². The normalized spacial score (nSPS) is 12.7. The molecule has 0 aromatic heterocycles. The van der Waals surface area contributed by atoms with Gasteiger partial charge in [-0.3, -0.25) is 0 Å². The Morgan fingerprint density at radius 3 is 1.09 bits per heavy atom. The molecule has 0 amide bonds. The predicted octanol–water partition coefficient (Wildman–Crippen LogP) is 13.8. The highest BCUT2D eigenvalue weighted by molar-refractivity contribution is 7.19. The third-order valence-corrected chi connectivity index (χ3v) is 19.2. The van der Waals surface area contributed by atoms with Gasteiger partial charge in [-0.1, -0.05) is 236 Å². The van der Waals surface area contributed by atoms with Gasteiger partial charge in [0.2, 0.25) is 0 Å². The van der Waals surface area contributed by atoms with Crippen LogP contribution >= 0.6 is 0 Å². The largest absolute Gasteiger partial charge is 0.310 e. The molecule has 0 spiro atoms. The molecule has 0 bridgehead atoms. The summed E-state index contributed by atoms with van der Waals surface area (Å²) in [6, 6.07) is 98.1. The van der Waals surface area contributed by atoms with Gasteiger partial charge in [0.25, 0.3) is 0 Å². The third-order valence-electron chi connectivity index (χ3n) is 14.4. The molecular weight excluding hydrogens is 823 g/mol. The average molecular weight is 872 g/mol. The monoisotopic (exact) mass is 871 g/mol. The smallest absolute Gasteiger partial charge is 0.179 e. The fraction of sp³-hybridized carbons (Fsp3) is 0.0462. The van der Waals surface area contributed by atoms with Crippen molar-refractivity contribution >= 4 is 67.4 Å². The van der Waals surface area contributed by atoms with E-state index in [2.05, 4.69) is 280 Å². The molecule has 0 unspecified atom stereocenters. The second-order valence-electron chi connectivity index (χ2n) is 18.2. The average Bonchev–Trinajstić information content (AvgIpc) is 3.67. The van der Waals surface area contributed by atoms with Crippen molar-refractivity contribution in [1.82, 2.24) is 0 Å². The van der Waals surface area contributed by atoms with E-state index in [1.54, 1.807) is 0 Å². The highest BCUT2D eigenvalue weighted by Crippen LogP contribution is 2.57. The molecule has 0 atom stereocenters. The van der Waals surface area contributed by atoms with Crippen LogP contribution < -0.4 is 25.6 Å². The van der Waals surface area contributed by atoms with Crippen molar-refractivity contribution in [3.8, 4) is 11.1 Å². The van der Waals surface area contributed by atoms with Crippen LogP contribution in [0, 0.1) is 13.8 Å². The fourth-order valence-corrected chi connectivity index (χ4v) is 16.1. The van der Waals surface area contributed by atoms with Crippen LogP contribution in [-0.2, 0) is 5.41 Å². The second kappa shape index (κ2) is 16.4. The molecule has 0 aliphatic heterocycles. The van der Waals surface area contributed by atoms with Gasteiger partial charge in [-0.25, -0.2) is 0 Å². The summed E-state index contributed by atoms with van der Waals surface area (Å²) in [4.78, 5) is 2.41. The third kappa shape index (κ3) is 6.59. The Bertz CT molecular complexity index is 3350. The molecule has 1 aliphatic rings. The highest BCUT2D eigenvalue weighted by Gasteiger charge is 2.47. The van der Waals surface area contributed by atoms with E-state index in [9.17, 15) is 0 Å². The molecule has 11 aromatic rings. The first kappa shape index (κ1) is 40.5. The zero-order valence-corrected chi connectivity index (χ0v) is 38.8. The Morgan fingerprint density at radius 1 is 0.299 bits per heavy atom. The molecule has 318 valence electrons. The number of anilines is 3. The molecule has 67 heavy (non-hydrogen) atoms. The van der Waals surface area contributed by atoms with Crippen molar-refractivity contribution in [2.45, 2.75) is 19.3 Å². The van der Waals surface area contributed by atoms with Crippen LogP contribution in [0.5, 0.6) is 0 Å². The van der Waals surface area contributed by atoms with Crippen molar-refractivity contribution in [1.29, 1.82) is 0 Å². The van der Waals surface area contributed by atoms with Crippen molar-refractivity contribution in [2.24, 2.45) is 0 Å². The maximum Gasteiger partial charge on any atom is 0.179 e. The number of nitrogens with zero attached hydrogens (tertiary/aromatic N) is 1. The lowest BCUT2D eigenvalue weighted by Crippen LogP contribution is -2.74. The second-order valence-corrected chi connectivity index (χ2v) is 22.0. The zero-order chi connectivity index (χ0) is 45.0. The maximum atomic E-state index is 2.47. The van der Waals surface area contributed by atoms with Crippen LogP contribution in [0.1, 0.15) is 33.4 Å². The number of benzene rings is 11. The van der Waals surface area contributed by atoms with Gasteiger partial charge in [0, 0.05) is 17.1 Å². The van der Waals surface area contributed by atoms with Crippen molar-refractivity contribution in [3.05, 3.63) is 294 Å². The van der Waals surface area contributed by atoms with E-state index in [0.29, 0.717) is 0 Å². The van der Waals surface area contributed by atoms with Crippen LogP contribution in [0.25, 0.3) is 32.7 Å². The van der Waals surface area contributed by atoms with Gasteiger partial charge >= 0.3 is 0 Å². The number of rotatable bonds is 9. The molecule has 2 heteroatoms. The predicted molar refractivity (Wildman–Crippen MR) is 287 cm³/mol. The highest BCUT2D eigenvalue weighted by atomic mass is 28.3. The van der Waals surface area contributed by atoms with E-state index >= 15 is 0 Å². The van der Waals surface area contributed by atoms with Crippen LogP contribution in [-0.4, -0.2) is 8.07 Å². The summed E-state index contributed by atoms with van der Waals surface area (Å²) in [6.07, 6.45) is 0. The quantitative estimate of drug-likeness (QED) is 0.103. The van der Waals surface area contributed by atoms with E-state index in [-0.39, 0.29) is 0 Å². The molecule has 0 saturated carbocycles. The number of hydrogen-bond acceptors (Lipinski definition) is 1. The molecule has 11 aromatic carbocycles. The first-order valence-corrected chi connectivity index (χ1v) is 25.4. The van der Waals surface area contributed by atoms with Gasteiger partial charge in [-0.05, 0) is 126 Å². The molecular formula is C65H49NSi. The summed E-state index contributed by atoms with van der Waals surface area (Å²) in [6.45, 7) is 4.46. The van der Waals surface area contributed by atoms with Gasteiger partial charge in [0.1, 0.15) is 0 Å². The fourth-order valence-electron chi connectivity index (χ4n) is 11.3. The van der Waals surface area contributed by atoms with Gasteiger partial charge in [-0.2, -0.15) is 0 Å². The summed E-state index contributed by atoms with van der Waals surface area (Å²) < 4.78 is 0. The first-order chi connectivity index (χ1) is 33.0. The first-order valence-electron chi connectivity index (χ1n) is 23.4. The van der Waals surface area contributed by atoms with E-state index in [4.69, 9.17) is 0 Å². The maximum absolute atomic E-state index is 2.75. The molecule has 12 rings (SSSR count). The number of hydrogen-bond donors (Lipinski definition) is 0. The van der Waals surface area contributed by atoms with E-state index < -0.39 is 13.5 Å². The lowest BCUT2D eigenvalue weighted by molar-refractivity contribution is 0.767. The Morgan fingerprint density at radius 2 is 0.657 bits per heavy atom. The van der Waals surface area contributed by atoms with Crippen LogP contribution in [0.4, 0.5) is 17.1 Å². The van der Waals surface area contributed by atoms with Crippen molar-refractivity contribution in [2.75, 3.05) is 4.90 Å². The van der Waals surface area contributed by atoms with Crippen LogP contribution in [0.15, 0.2) is 261 Å². The van der Waals surface area contributed by atoms with Gasteiger partial charge in [0.05, 0.1) is 5.41 Å². The summed E-state index contributed by atoms with van der Waals surface area (Å²) >= 11 is 0. The molecule has 1 nitrogen and oxygen atoms in total. The lowest BCUT2D eigenvalue weighted by atomic mass is 9.67. The summed E-state index contributed by atoms with van der Waals surface area (Å²) in [5, 5.41) is 10.4. The molecule has 0 N–H and O–H groups in total. The minimum atomic E-state index is -2.75. The van der Waals surface area contributed by atoms with Crippen molar-refractivity contribution in [3.63, 3.8) is 0 Å². The summed E-state index contributed by atoms with van der Waals surface area (Å²) in [5.41, 5.74) is 13.0. The summed E-state index contributed by atoms with van der Waals surface area (Å²) in [7, 11) is -2.75. The molecule has 1 aliphatic carbocycles. The molecule has 0 heterocycles. The van der Waals surface area contributed by atoms with E-state index in [1.807, 2.05) is 0 Å². The Balaban J connectivity index is 1.08. The number of fused-ring (bicyclic) bond motifs is 5. The van der Waals surface area contributed by atoms with Gasteiger partial charge in [-0.15, -0.1) is 0 Å². The standard InChI is InChI=1S/C65H49NSi/c1-46-26-40-61-62-41-27-47(2)43-64(62)65(63(61)42-46,53-32-38-60(39-33-53)67(57-20-6-3-7-21-57,58-22-8-4-9-23-58)59-24-10-5-11-25-59)52-30-36-54(37-31-52)66(55-34-28-48-16-12-14-18-50(48)44-55)56-35-29-49-17-13-15-19-51(49)45-56/h3-45H,1-2H3. The van der Waals surface area contributed by atoms with E-state index in [1.165, 1.54) is 86.8 Å². The molecule has 0 saturated heterocycles. The van der Waals surface area contributed by atoms with Crippen LogP contribution in [0.3, 0.4) is 0 Å². The Labute approximate surface area is 394 Å². The number of aryl methyl sites for hydroxylation is 2. The minimum absolute atomic E-state index is 0.576. The lowest BCUT2D eigenvalue weighted by Gasteiger charge is -2.37. The Hall–Kier alpha value is -8.04.